The number of aryl methyl sites for hydroxylation is 2. The number of rotatable bonds is 6. The number of carbonyl (C=O) groups excluding carboxylic acids is 1. The van der Waals surface area contributed by atoms with Crippen molar-refractivity contribution in [2.75, 3.05) is 7.11 Å². The normalized spacial score (nSPS) is 12.2. The molecule has 0 bridgehead atoms. The Morgan fingerprint density at radius 2 is 1.88 bits per heavy atom. The van der Waals surface area contributed by atoms with Gasteiger partial charge in [-0.05, 0) is 55.2 Å². The first-order valence-corrected chi connectivity index (χ1v) is 8.23. The number of nitrogens with one attached hydrogen (secondary N) is 1. The molecule has 2 aromatic carbocycles. The van der Waals surface area contributed by atoms with E-state index in [0.29, 0.717) is 0 Å². The highest BCUT2D eigenvalue weighted by Gasteiger charge is 2.13. The van der Waals surface area contributed by atoms with Crippen molar-refractivity contribution in [3.8, 4) is 5.75 Å². The van der Waals surface area contributed by atoms with Crippen LogP contribution in [0.3, 0.4) is 0 Å². The molecule has 0 heterocycles. The lowest BCUT2D eigenvalue weighted by Crippen LogP contribution is -2.26. The quantitative estimate of drug-likeness (QED) is 0.789. The van der Waals surface area contributed by atoms with E-state index in [0.717, 1.165) is 17.7 Å². The molecule has 0 radical (unpaired) electrons. The Morgan fingerprint density at radius 3 is 2.46 bits per heavy atom. The first-order valence-electron chi connectivity index (χ1n) is 8.23. The molecule has 2 rings (SSSR count). The van der Waals surface area contributed by atoms with Gasteiger partial charge in [0.05, 0.1) is 13.2 Å². The maximum atomic E-state index is 12.2. The molecule has 0 aromatic heterocycles. The SMILES string of the molecule is CCC(NC(=O)/C=C/c1ccc(OC)cc1)c1ccc(C)cc1C. The monoisotopic (exact) mass is 323 g/mol. The fraction of sp³-hybridized carbons (Fsp3) is 0.286. The van der Waals surface area contributed by atoms with Crippen LogP contribution in [-0.2, 0) is 4.79 Å². The van der Waals surface area contributed by atoms with Gasteiger partial charge in [0, 0.05) is 6.08 Å². The van der Waals surface area contributed by atoms with Crippen LogP contribution in [0.1, 0.15) is 41.6 Å². The molecule has 0 saturated carbocycles. The molecule has 24 heavy (non-hydrogen) atoms. The topological polar surface area (TPSA) is 38.3 Å². The Bertz CT molecular complexity index is 717. The second-order valence-electron chi connectivity index (χ2n) is 5.94. The molecule has 3 heteroatoms. The van der Waals surface area contributed by atoms with Crippen molar-refractivity contribution in [3.05, 3.63) is 70.8 Å². The van der Waals surface area contributed by atoms with Gasteiger partial charge in [-0.1, -0.05) is 42.8 Å². The summed E-state index contributed by atoms with van der Waals surface area (Å²) >= 11 is 0. The number of hydrogen-bond donors (Lipinski definition) is 1. The number of hydrogen-bond acceptors (Lipinski definition) is 2. The molecular weight excluding hydrogens is 298 g/mol. The summed E-state index contributed by atoms with van der Waals surface area (Å²) < 4.78 is 5.13. The molecule has 1 atom stereocenters. The first kappa shape index (κ1) is 17.8. The lowest BCUT2D eigenvalue weighted by molar-refractivity contribution is -0.117. The highest BCUT2D eigenvalue weighted by atomic mass is 16.5. The number of amides is 1. The van der Waals surface area contributed by atoms with Gasteiger partial charge in [-0.15, -0.1) is 0 Å². The Hall–Kier alpha value is -2.55. The predicted octanol–water partition coefficient (Wildman–Crippen LogP) is 4.59. The first-order chi connectivity index (χ1) is 11.5. The van der Waals surface area contributed by atoms with Gasteiger partial charge in [0.25, 0.3) is 0 Å². The molecule has 0 aliphatic rings. The summed E-state index contributed by atoms with van der Waals surface area (Å²) in [5.41, 5.74) is 4.58. The van der Waals surface area contributed by atoms with Crippen molar-refractivity contribution in [2.45, 2.75) is 33.2 Å². The summed E-state index contributed by atoms with van der Waals surface area (Å²) in [7, 11) is 1.64. The van der Waals surface area contributed by atoms with Crippen molar-refractivity contribution in [3.63, 3.8) is 0 Å². The summed E-state index contributed by atoms with van der Waals surface area (Å²) in [6.45, 7) is 6.25. The highest BCUT2D eigenvalue weighted by molar-refractivity contribution is 5.92. The molecule has 0 saturated heterocycles. The second kappa shape index (κ2) is 8.34. The zero-order valence-corrected chi connectivity index (χ0v) is 14.8. The van der Waals surface area contributed by atoms with Gasteiger partial charge in [-0.3, -0.25) is 4.79 Å². The molecule has 1 unspecified atom stereocenters. The van der Waals surface area contributed by atoms with E-state index in [1.807, 2.05) is 30.3 Å². The second-order valence-corrected chi connectivity index (χ2v) is 5.94. The number of ether oxygens (including phenoxy) is 1. The van der Waals surface area contributed by atoms with Crippen LogP contribution in [0.4, 0.5) is 0 Å². The van der Waals surface area contributed by atoms with E-state index in [1.54, 1.807) is 13.2 Å². The van der Waals surface area contributed by atoms with E-state index < -0.39 is 0 Å². The van der Waals surface area contributed by atoms with Crippen LogP contribution < -0.4 is 10.1 Å². The van der Waals surface area contributed by atoms with Crippen LogP contribution in [-0.4, -0.2) is 13.0 Å². The van der Waals surface area contributed by atoms with Crippen molar-refractivity contribution in [2.24, 2.45) is 0 Å². The smallest absolute Gasteiger partial charge is 0.244 e. The fourth-order valence-electron chi connectivity index (χ4n) is 2.72. The van der Waals surface area contributed by atoms with Gasteiger partial charge >= 0.3 is 0 Å². The standard InChI is InChI=1S/C21H25NO2/c1-5-20(19-12-6-15(2)14-16(19)3)22-21(23)13-9-17-7-10-18(24-4)11-8-17/h6-14,20H,5H2,1-4H3,(H,22,23)/b13-9+. The van der Waals surface area contributed by atoms with Gasteiger partial charge in [0.2, 0.25) is 5.91 Å². The van der Waals surface area contributed by atoms with E-state index in [9.17, 15) is 4.79 Å². The van der Waals surface area contributed by atoms with Gasteiger partial charge in [0.1, 0.15) is 5.75 Å². The summed E-state index contributed by atoms with van der Waals surface area (Å²) in [4.78, 5) is 12.2. The van der Waals surface area contributed by atoms with Crippen LogP contribution in [0.2, 0.25) is 0 Å². The molecule has 0 aliphatic carbocycles. The zero-order chi connectivity index (χ0) is 17.5. The maximum Gasteiger partial charge on any atom is 0.244 e. The highest BCUT2D eigenvalue weighted by Crippen LogP contribution is 2.21. The number of methoxy groups -OCH3 is 1. The minimum Gasteiger partial charge on any atom is -0.497 e. The van der Waals surface area contributed by atoms with E-state index in [-0.39, 0.29) is 11.9 Å². The van der Waals surface area contributed by atoms with E-state index >= 15 is 0 Å². The Balaban J connectivity index is 2.04. The van der Waals surface area contributed by atoms with Crippen LogP contribution in [0.5, 0.6) is 5.75 Å². The average Bonchev–Trinajstić information content (AvgIpc) is 2.59. The third kappa shape index (κ3) is 4.72. The Labute approximate surface area is 144 Å². The summed E-state index contributed by atoms with van der Waals surface area (Å²) in [6.07, 6.45) is 4.24. The molecule has 2 aromatic rings. The van der Waals surface area contributed by atoms with E-state index in [2.05, 4.69) is 44.3 Å². The minimum atomic E-state index is -0.0855. The van der Waals surface area contributed by atoms with Gasteiger partial charge < -0.3 is 10.1 Å². The van der Waals surface area contributed by atoms with Crippen LogP contribution in [0.15, 0.2) is 48.5 Å². The molecule has 3 nitrogen and oxygen atoms in total. The van der Waals surface area contributed by atoms with Crippen LogP contribution in [0.25, 0.3) is 6.08 Å². The minimum absolute atomic E-state index is 0.0265. The fourth-order valence-corrected chi connectivity index (χ4v) is 2.72. The van der Waals surface area contributed by atoms with Gasteiger partial charge in [-0.25, -0.2) is 0 Å². The molecule has 1 amide bonds. The molecule has 1 N–H and O–H groups in total. The van der Waals surface area contributed by atoms with Crippen LogP contribution >= 0.6 is 0 Å². The lowest BCUT2D eigenvalue weighted by Gasteiger charge is -2.19. The Morgan fingerprint density at radius 1 is 1.17 bits per heavy atom. The van der Waals surface area contributed by atoms with Crippen molar-refractivity contribution < 1.29 is 9.53 Å². The van der Waals surface area contributed by atoms with Crippen molar-refractivity contribution >= 4 is 12.0 Å². The molecule has 0 fully saturated rings. The Kier molecular flexibility index (Phi) is 6.19. The zero-order valence-electron chi connectivity index (χ0n) is 14.8. The number of carbonyl (C=O) groups is 1. The largest absolute Gasteiger partial charge is 0.497 e. The maximum absolute atomic E-state index is 12.2. The van der Waals surface area contributed by atoms with Gasteiger partial charge in [0.15, 0.2) is 0 Å². The predicted molar refractivity (Wildman–Crippen MR) is 99.1 cm³/mol. The summed E-state index contributed by atoms with van der Waals surface area (Å²) in [5.74, 6) is 0.718. The molecule has 126 valence electrons. The lowest BCUT2D eigenvalue weighted by atomic mass is 9.97. The molecule has 0 spiro atoms. The third-order valence-electron chi connectivity index (χ3n) is 4.07. The third-order valence-corrected chi connectivity index (χ3v) is 4.07. The summed E-state index contributed by atoms with van der Waals surface area (Å²) in [5, 5.41) is 3.09. The van der Waals surface area contributed by atoms with E-state index in [4.69, 9.17) is 4.74 Å². The van der Waals surface area contributed by atoms with Crippen molar-refractivity contribution in [1.29, 1.82) is 0 Å². The summed E-state index contributed by atoms with van der Waals surface area (Å²) in [6, 6.07) is 14.0. The molecular formula is C21H25NO2. The average molecular weight is 323 g/mol. The van der Waals surface area contributed by atoms with E-state index in [1.165, 1.54) is 16.7 Å². The number of benzene rings is 2. The van der Waals surface area contributed by atoms with Gasteiger partial charge in [-0.2, -0.15) is 0 Å². The van der Waals surface area contributed by atoms with Crippen molar-refractivity contribution in [1.82, 2.24) is 5.32 Å². The molecule has 0 aliphatic heterocycles. The van der Waals surface area contributed by atoms with Crippen LogP contribution in [0, 0.1) is 13.8 Å².